The van der Waals surface area contributed by atoms with Gasteiger partial charge in [-0.3, -0.25) is 4.79 Å². The summed E-state index contributed by atoms with van der Waals surface area (Å²) >= 11 is 0. The number of aryl methyl sites for hydroxylation is 1. The number of furan rings is 1. The Kier molecular flexibility index (Phi) is 3.28. The minimum atomic E-state index is -0.290. The molecule has 0 amide bonds. The van der Waals surface area contributed by atoms with Crippen molar-refractivity contribution in [1.29, 1.82) is 0 Å². The fourth-order valence-electron chi connectivity index (χ4n) is 1.64. The maximum absolute atomic E-state index is 11.2. The quantitative estimate of drug-likeness (QED) is 0.761. The second-order valence-electron chi connectivity index (χ2n) is 3.84. The molecule has 0 saturated heterocycles. The predicted octanol–water partition coefficient (Wildman–Crippen LogP) is 2.97. The summed E-state index contributed by atoms with van der Waals surface area (Å²) in [6.07, 6.45) is 0.176. The zero-order valence-corrected chi connectivity index (χ0v) is 9.90. The summed E-state index contributed by atoms with van der Waals surface area (Å²) in [6, 6.07) is 11.7. The predicted molar refractivity (Wildman–Crippen MR) is 64.6 cm³/mol. The van der Waals surface area contributed by atoms with Crippen molar-refractivity contribution in [3.8, 4) is 11.3 Å². The molecule has 17 heavy (non-hydrogen) atoms. The van der Waals surface area contributed by atoms with Gasteiger partial charge in [-0.2, -0.15) is 0 Å². The number of methoxy groups -OCH3 is 1. The van der Waals surface area contributed by atoms with E-state index in [4.69, 9.17) is 4.42 Å². The van der Waals surface area contributed by atoms with E-state index in [9.17, 15) is 4.79 Å². The van der Waals surface area contributed by atoms with Crippen LogP contribution in [0.1, 0.15) is 11.3 Å². The summed E-state index contributed by atoms with van der Waals surface area (Å²) in [4.78, 5) is 11.2. The molecule has 2 rings (SSSR count). The first-order valence-electron chi connectivity index (χ1n) is 5.42. The number of benzene rings is 1. The lowest BCUT2D eigenvalue weighted by Crippen LogP contribution is -2.04. The van der Waals surface area contributed by atoms with Crippen molar-refractivity contribution < 1.29 is 13.9 Å². The topological polar surface area (TPSA) is 39.4 Å². The molecule has 0 N–H and O–H groups in total. The molecule has 0 bridgehead atoms. The third-order valence-corrected chi connectivity index (χ3v) is 2.61. The van der Waals surface area contributed by atoms with Gasteiger partial charge < -0.3 is 9.15 Å². The van der Waals surface area contributed by atoms with Crippen LogP contribution >= 0.6 is 0 Å². The molecule has 1 heterocycles. The molecule has 3 heteroatoms. The smallest absolute Gasteiger partial charge is 0.313 e. The highest BCUT2D eigenvalue weighted by Gasteiger charge is 2.12. The lowest BCUT2D eigenvalue weighted by molar-refractivity contribution is -0.140. The lowest BCUT2D eigenvalue weighted by Gasteiger charge is -1.97. The van der Waals surface area contributed by atoms with E-state index in [2.05, 4.69) is 4.74 Å². The molecule has 1 aromatic heterocycles. The van der Waals surface area contributed by atoms with E-state index in [0.29, 0.717) is 5.76 Å². The molecule has 0 unspecified atom stereocenters. The molecule has 0 fully saturated rings. The van der Waals surface area contributed by atoms with Crippen molar-refractivity contribution in [2.75, 3.05) is 7.11 Å². The van der Waals surface area contributed by atoms with Crippen LogP contribution < -0.4 is 0 Å². The van der Waals surface area contributed by atoms with Crippen molar-refractivity contribution in [3.05, 3.63) is 47.7 Å². The zero-order chi connectivity index (χ0) is 12.3. The van der Waals surface area contributed by atoms with Crippen LogP contribution in [-0.2, 0) is 16.0 Å². The Hall–Kier alpha value is -2.03. The van der Waals surface area contributed by atoms with Crippen molar-refractivity contribution in [1.82, 2.24) is 0 Å². The van der Waals surface area contributed by atoms with Gasteiger partial charge in [0.2, 0.25) is 0 Å². The van der Waals surface area contributed by atoms with Crippen LogP contribution in [0.5, 0.6) is 0 Å². The van der Waals surface area contributed by atoms with Gasteiger partial charge in [-0.25, -0.2) is 0 Å². The number of hydrogen-bond donors (Lipinski definition) is 0. The van der Waals surface area contributed by atoms with Crippen molar-refractivity contribution in [2.45, 2.75) is 13.3 Å². The van der Waals surface area contributed by atoms with Gasteiger partial charge in [-0.15, -0.1) is 0 Å². The minimum absolute atomic E-state index is 0.176. The van der Waals surface area contributed by atoms with Gasteiger partial charge in [0.05, 0.1) is 7.11 Å². The SMILES string of the molecule is COC(=O)Cc1oc(-c2ccccc2)cc1C. The second-order valence-corrected chi connectivity index (χ2v) is 3.84. The highest BCUT2D eigenvalue weighted by Crippen LogP contribution is 2.25. The van der Waals surface area contributed by atoms with Crippen LogP contribution in [-0.4, -0.2) is 13.1 Å². The van der Waals surface area contributed by atoms with Crippen LogP contribution in [0.3, 0.4) is 0 Å². The summed E-state index contributed by atoms with van der Waals surface area (Å²) < 4.78 is 10.3. The molecule has 0 radical (unpaired) electrons. The Bertz CT molecular complexity index is 512. The Morgan fingerprint density at radius 1 is 1.29 bits per heavy atom. The molecular weight excluding hydrogens is 216 g/mol. The molecular formula is C14H14O3. The Morgan fingerprint density at radius 3 is 2.65 bits per heavy atom. The van der Waals surface area contributed by atoms with Gasteiger partial charge in [0.1, 0.15) is 17.9 Å². The number of carbonyl (C=O) groups is 1. The Morgan fingerprint density at radius 2 is 2.00 bits per heavy atom. The van der Waals surface area contributed by atoms with E-state index < -0.39 is 0 Å². The summed E-state index contributed by atoms with van der Waals surface area (Å²) in [5.74, 6) is 1.15. The zero-order valence-electron chi connectivity index (χ0n) is 9.90. The van der Waals surface area contributed by atoms with Crippen molar-refractivity contribution >= 4 is 5.97 Å². The standard InChI is InChI=1S/C14H14O3/c1-10-8-13(11-6-4-3-5-7-11)17-12(10)9-14(15)16-2/h3-8H,9H2,1-2H3. The van der Waals surface area contributed by atoms with Crippen molar-refractivity contribution in [2.24, 2.45) is 0 Å². The summed E-state index contributed by atoms with van der Waals surface area (Å²) in [6.45, 7) is 1.92. The average Bonchev–Trinajstić information content (AvgIpc) is 2.72. The van der Waals surface area contributed by atoms with Gasteiger partial charge in [0.25, 0.3) is 0 Å². The fraction of sp³-hybridized carbons (Fsp3) is 0.214. The average molecular weight is 230 g/mol. The first-order valence-corrected chi connectivity index (χ1v) is 5.42. The van der Waals surface area contributed by atoms with Crippen LogP contribution in [0.25, 0.3) is 11.3 Å². The third kappa shape index (κ3) is 2.56. The van der Waals surface area contributed by atoms with Crippen LogP contribution in [0.15, 0.2) is 40.8 Å². The van der Waals surface area contributed by atoms with Gasteiger partial charge in [-0.05, 0) is 18.6 Å². The van der Waals surface area contributed by atoms with E-state index in [1.54, 1.807) is 0 Å². The molecule has 0 saturated carbocycles. The fourth-order valence-corrected chi connectivity index (χ4v) is 1.64. The molecule has 0 spiro atoms. The van der Waals surface area contributed by atoms with Gasteiger partial charge in [0, 0.05) is 5.56 Å². The maximum Gasteiger partial charge on any atom is 0.313 e. The normalized spacial score (nSPS) is 10.2. The van der Waals surface area contributed by atoms with E-state index >= 15 is 0 Å². The molecule has 0 aliphatic rings. The second kappa shape index (κ2) is 4.87. The van der Waals surface area contributed by atoms with Crippen LogP contribution in [0, 0.1) is 6.92 Å². The molecule has 2 aromatic rings. The molecule has 88 valence electrons. The molecule has 0 atom stereocenters. The van der Waals surface area contributed by atoms with Gasteiger partial charge in [0.15, 0.2) is 0 Å². The highest BCUT2D eigenvalue weighted by atomic mass is 16.5. The first kappa shape index (κ1) is 11.5. The van der Waals surface area contributed by atoms with E-state index in [1.165, 1.54) is 7.11 Å². The summed E-state index contributed by atoms with van der Waals surface area (Å²) in [5, 5.41) is 0. The van der Waals surface area contributed by atoms with Crippen LogP contribution in [0.2, 0.25) is 0 Å². The van der Waals surface area contributed by atoms with E-state index in [0.717, 1.165) is 16.9 Å². The van der Waals surface area contributed by atoms with Crippen molar-refractivity contribution in [3.63, 3.8) is 0 Å². The number of esters is 1. The minimum Gasteiger partial charge on any atom is -0.469 e. The first-order chi connectivity index (χ1) is 8.20. The van der Waals surface area contributed by atoms with E-state index in [-0.39, 0.29) is 12.4 Å². The molecule has 1 aromatic carbocycles. The number of carbonyl (C=O) groups excluding carboxylic acids is 1. The maximum atomic E-state index is 11.2. The number of rotatable bonds is 3. The van der Waals surface area contributed by atoms with Crippen LogP contribution in [0.4, 0.5) is 0 Å². The molecule has 0 aliphatic carbocycles. The summed E-state index contributed by atoms with van der Waals surface area (Å²) in [5.41, 5.74) is 1.97. The Balaban J connectivity index is 2.28. The molecule has 3 nitrogen and oxygen atoms in total. The number of hydrogen-bond acceptors (Lipinski definition) is 3. The van der Waals surface area contributed by atoms with E-state index in [1.807, 2.05) is 43.3 Å². The summed E-state index contributed by atoms with van der Waals surface area (Å²) in [7, 11) is 1.37. The largest absolute Gasteiger partial charge is 0.469 e. The Labute approximate surface area is 100 Å². The third-order valence-electron chi connectivity index (χ3n) is 2.61. The van der Waals surface area contributed by atoms with Gasteiger partial charge >= 0.3 is 5.97 Å². The molecule has 0 aliphatic heterocycles. The monoisotopic (exact) mass is 230 g/mol. The number of ether oxygens (including phenoxy) is 1. The van der Waals surface area contributed by atoms with Gasteiger partial charge in [-0.1, -0.05) is 30.3 Å². The highest BCUT2D eigenvalue weighted by molar-refractivity contribution is 5.72. The lowest BCUT2D eigenvalue weighted by atomic mass is 10.1.